The first-order valence-corrected chi connectivity index (χ1v) is 8.29. The van der Waals surface area contributed by atoms with Gasteiger partial charge in [0.05, 0.1) is 22.2 Å². The Balaban J connectivity index is 1.92. The predicted octanol–water partition coefficient (Wildman–Crippen LogP) is 4.14. The SMILES string of the molecule is CC(=O)c1sc(NC(=O)c2cccc(C#N)c2)nc1-c1ccccc1. The molecule has 0 radical (unpaired) electrons. The molecule has 0 saturated heterocycles. The third kappa shape index (κ3) is 3.62. The van der Waals surface area contributed by atoms with Crippen molar-refractivity contribution in [2.75, 3.05) is 5.32 Å². The van der Waals surface area contributed by atoms with E-state index in [9.17, 15) is 9.59 Å². The molecule has 0 atom stereocenters. The van der Waals surface area contributed by atoms with E-state index in [1.807, 2.05) is 36.4 Å². The molecule has 1 heterocycles. The lowest BCUT2D eigenvalue weighted by molar-refractivity contribution is 0.101. The van der Waals surface area contributed by atoms with Gasteiger partial charge in [-0.05, 0) is 18.2 Å². The number of nitrogens with zero attached hydrogens (tertiary/aromatic N) is 2. The van der Waals surface area contributed by atoms with Gasteiger partial charge in [-0.1, -0.05) is 47.7 Å². The molecule has 25 heavy (non-hydrogen) atoms. The average Bonchev–Trinajstić information content (AvgIpc) is 3.06. The normalized spacial score (nSPS) is 10.1. The number of anilines is 1. The second-order valence-corrected chi connectivity index (χ2v) is 6.26. The van der Waals surface area contributed by atoms with E-state index in [1.54, 1.807) is 18.2 Å². The van der Waals surface area contributed by atoms with Crippen LogP contribution in [0.5, 0.6) is 0 Å². The van der Waals surface area contributed by atoms with Crippen LogP contribution >= 0.6 is 11.3 Å². The molecule has 6 heteroatoms. The summed E-state index contributed by atoms with van der Waals surface area (Å²) in [7, 11) is 0. The molecule has 0 saturated carbocycles. The Bertz CT molecular complexity index is 987. The Hall–Kier alpha value is -3.30. The molecule has 122 valence electrons. The minimum Gasteiger partial charge on any atom is -0.298 e. The van der Waals surface area contributed by atoms with Crippen molar-refractivity contribution < 1.29 is 9.59 Å². The van der Waals surface area contributed by atoms with Crippen LogP contribution < -0.4 is 5.32 Å². The molecular weight excluding hydrogens is 334 g/mol. The molecule has 3 aromatic rings. The number of hydrogen-bond donors (Lipinski definition) is 1. The van der Waals surface area contributed by atoms with Crippen molar-refractivity contribution >= 4 is 28.2 Å². The first kappa shape index (κ1) is 16.6. The number of nitriles is 1. The fourth-order valence-electron chi connectivity index (χ4n) is 2.30. The zero-order valence-electron chi connectivity index (χ0n) is 13.3. The Morgan fingerprint density at radius 1 is 1.12 bits per heavy atom. The van der Waals surface area contributed by atoms with E-state index < -0.39 is 0 Å². The molecule has 0 fully saturated rings. The van der Waals surface area contributed by atoms with Crippen molar-refractivity contribution in [3.05, 3.63) is 70.6 Å². The summed E-state index contributed by atoms with van der Waals surface area (Å²) in [5, 5.41) is 12.0. The van der Waals surface area contributed by atoms with Gasteiger partial charge in [0.1, 0.15) is 0 Å². The minimum atomic E-state index is -0.374. The maximum atomic E-state index is 12.4. The van der Waals surface area contributed by atoms with E-state index in [2.05, 4.69) is 10.3 Å². The summed E-state index contributed by atoms with van der Waals surface area (Å²) in [5.41, 5.74) is 2.14. The number of aromatic nitrogens is 1. The first-order valence-electron chi connectivity index (χ1n) is 7.47. The monoisotopic (exact) mass is 347 g/mol. The molecule has 0 aliphatic heterocycles. The van der Waals surface area contributed by atoms with Crippen molar-refractivity contribution in [3.63, 3.8) is 0 Å². The van der Waals surface area contributed by atoms with Crippen molar-refractivity contribution in [2.45, 2.75) is 6.92 Å². The number of thiazole rings is 1. The van der Waals surface area contributed by atoms with Crippen molar-refractivity contribution in [1.29, 1.82) is 5.26 Å². The Morgan fingerprint density at radius 3 is 2.56 bits per heavy atom. The Morgan fingerprint density at radius 2 is 1.88 bits per heavy atom. The highest BCUT2D eigenvalue weighted by molar-refractivity contribution is 7.18. The summed E-state index contributed by atoms with van der Waals surface area (Å²) in [5.74, 6) is -0.483. The standard InChI is InChI=1S/C19H13N3O2S/c1-12(23)17-16(14-7-3-2-4-8-14)21-19(25-17)22-18(24)15-9-5-6-13(10-15)11-20/h2-10H,1H3,(H,21,22,24). The summed E-state index contributed by atoms with van der Waals surface area (Å²) in [6.45, 7) is 1.47. The molecule has 5 nitrogen and oxygen atoms in total. The van der Waals surface area contributed by atoms with E-state index in [-0.39, 0.29) is 11.7 Å². The lowest BCUT2D eigenvalue weighted by Gasteiger charge is -2.01. The molecule has 1 aromatic heterocycles. The molecule has 2 aromatic carbocycles. The summed E-state index contributed by atoms with van der Waals surface area (Å²) in [6.07, 6.45) is 0. The average molecular weight is 347 g/mol. The van der Waals surface area contributed by atoms with Gasteiger partial charge in [0.2, 0.25) is 0 Å². The molecule has 0 unspecified atom stereocenters. The van der Waals surface area contributed by atoms with Gasteiger partial charge in [0.25, 0.3) is 5.91 Å². The van der Waals surface area contributed by atoms with E-state index in [1.165, 1.54) is 13.0 Å². The van der Waals surface area contributed by atoms with Crippen LogP contribution in [0.4, 0.5) is 5.13 Å². The molecule has 1 amide bonds. The first-order chi connectivity index (χ1) is 12.1. The van der Waals surface area contributed by atoms with Gasteiger partial charge in [0, 0.05) is 18.1 Å². The third-order valence-electron chi connectivity index (χ3n) is 3.47. The fraction of sp³-hybridized carbons (Fsp3) is 0.0526. The summed E-state index contributed by atoms with van der Waals surface area (Å²) >= 11 is 1.14. The smallest absolute Gasteiger partial charge is 0.257 e. The molecule has 0 spiro atoms. The summed E-state index contributed by atoms with van der Waals surface area (Å²) < 4.78 is 0. The maximum Gasteiger partial charge on any atom is 0.257 e. The van der Waals surface area contributed by atoms with Crippen molar-refractivity contribution in [3.8, 4) is 17.3 Å². The predicted molar refractivity (Wildman–Crippen MR) is 96.7 cm³/mol. The van der Waals surface area contributed by atoms with Crippen molar-refractivity contribution in [2.24, 2.45) is 0 Å². The molecule has 0 aliphatic rings. The van der Waals surface area contributed by atoms with E-state index >= 15 is 0 Å². The lowest BCUT2D eigenvalue weighted by Crippen LogP contribution is -2.11. The Labute approximate surface area is 148 Å². The van der Waals surface area contributed by atoms with Crippen LogP contribution in [0.15, 0.2) is 54.6 Å². The topological polar surface area (TPSA) is 82.9 Å². The number of carbonyl (C=O) groups is 2. The number of hydrogen-bond acceptors (Lipinski definition) is 5. The highest BCUT2D eigenvalue weighted by Gasteiger charge is 2.18. The summed E-state index contributed by atoms with van der Waals surface area (Å²) in [6, 6.07) is 17.7. The van der Waals surface area contributed by atoms with Gasteiger partial charge in [-0.2, -0.15) is 5.26 Å². The molecule has 1 N–H and O–H groups in total. The van der Waals surface area contributed by atoms with Gasteiger partial charge < -0.3 is 0 Å². The highest BCUT2D eigenvalue weighted by atomic mass is 32.1. The van der Waals surface area contributed by atoms with Gasteiger partial charge >= 0.3 is 0 Å². The van der Waals surface area contributed by atoms with E-state index in [0.29, 0.717) is 26.8 Å². The zero-order valence-corrected chi connectivity index (χ0v) is 14.1. The van der Waals surface area contributed by atoms with Crippen LogP contribution in [-0.4, -0.2) is 16.7 Å². The van der Waals surface area contributed by atoms with Crippen LogP contribution in [0, 0.1) is 11.3 Å². The molecule has 3 rings (SSSR count). The van der Waals surface area contributed by atoms with Gasteiger partial charge in [-0.25, -0.2) is 4.98 Å². The van der Waals surface area contributed by atoms with E-state index in [0.717, 1.165) is 16.9 Å². The maximum absolute atomic E-state index is 12.4. The van der Waals surface area contributed by atoms with Crippen LogP contribution in [-0.2, 0) is 0 Å². The highest BCUT2D eigenvalue weighted by Crippen LogP contribution is 2.31. The number of nitrogens with one attached hydrogen (secondary N) is 1. The summed E-state index contributed by atoms with van der Waals surface area (Å²) in [4.78, 5) is 29.2. The van der Waals surface area contributed by atoms with Crippen LogP contribution in [0.3, 0.4) is 0 Å². The number of rotatable bonds is 4. The quantitative estimate of drug-likeness (QED) is 0.719. The number of ketones is 1. The van der Waals surface area contributed by atoms with Crippen molar-refractivity contribution in [1.82, 2.24) is 4.98 Å². The van der Waals surface area contributed by atoms with Gasteiger partial charge in [-0.15, -0.1) is 0 Å². The van der Waals surface area contributed by atoms with E-state index in [4.69, 9.17) is 5.26 Å². The number of amides is 1. The minimum absolute atomic E-state index is 0.108. The van der Waals surface area contributed by atoms with Crippen LogP contribution in [0.2, 0.25) is 0 Å². The fourth-order valence-corrected chi connectivity index (χ4v) is 3.18. The second-order valence-electron chi connectivity index (χ2n) is 5.27. The van der Waals surface area contributed by atoms with Crippen LogP contribution in [0.1, 0.15) is 32.5 Å². The van der Waals surface area contributed by atoms with Gasteiger partial charge in [0.15, 0.2) is 10.9 Å². The van der Waals surface area contributed by atoms with Gasteiger partial charge in [-0.3, -0.25) is 14.9 Å². The zero-order chi connectivity index (χ0) is 17.8. The number of carbonyl (C=O) groups excluding carboxylic acids is 2. The molecule has 0 aliphatic carbocycles. The molecular formula is C19H13N3O2S. The third-order valence-corrected chi connectivity index (χ3v) is 4.54. The lowest BCUT2D eigenvalue weighted by atomic mass is 10.1. The number of benzene rings is 2. The van der Waals surface area contributed by atoms with Crippen LogP contribution in [0.25, 0.3) is 11.3 Å². The largest absolute Gasteiger partial charge is 0.298 e. The number of Topliss-reactive ketones (excluding diaryl/α,β-unsaturated/α-hetero) is 1. The Kier molecular flexibility index (Phi) is 4.68. The second kappa shape index (κ2) is 7.07. The molecule has 0 bridgehead atoms.